The van der Waals surface area contributed by atoms with E-state index in [1.165, 1.54) is 18.7 Å². The zero-order chi connectivity index (χ0) is 13.7. The number of hydrogen-bond acceptors (Lipinski definition) is 4. The molecule has 0 radical (unpaired) electrons. The van der Waals surface area contributed by atoms with Crippen molar-refractivity contribution in [3.05, 3.63) is 27.7 Å². The molecule has 0 bridgehead atoms. The average Bonchev–Trinajstić information content (AvgIpc) is 2.32. The Bertz CT molecular complexity index is 549. The molecule has 1 aromatic carbocycles. The summed E-state index contributed by atoms with van der Waals surface area (Å²) < 4.78 is 0.866. The lowest BCUT2D eigenvalue weighted by Crippen LogP contribution is -2.12. The number of aryl methyl sites for hydroxylation is 1. The molecule has 0 aromatic heterocycles. The molecule has 0 aliphatic carbocycles. The van der Waals surface area contributed by atoms with Crippen LogP contribution in [-0.2, 0) is 0 Å². The minimum Gasteiger partial charge on any atom is -0.294 e. The smallest absolute Gasteiger partial charge is 0.183 e. The van der Waals surface area contributed by atoms with Crippen LogP contribution >= 0.6 is 27.7 Å². The minimum atomic E-state index is -0.0631. The number of halogens is 1. The van der Waals surface area contributed by atoms with Crippen molar-refractivity contribution < 1.29 is 4.79 Å². The zero-order valence-corrected chi connectivity index (χ0v) is 12.6. The van der Waals surface area contributed by atoms with Gasteiger partial charge in [0.2, 0.25) is 0 Å². The van der Waals surface area contributed by atoms with E-state index in [9.17, 15) is 4.79 Å². The Morgan fingerprint density at radius 1 is 1.56 bits per heavy atom. The Kier molecular flexibility index (Phi) is 5.38. The van der Waals surface area contributed by atoms with Crippen molar-refractivity contribution in [3.8, 4) is 6.19 Å². The summed E-state index contributed by atoms with van der Waals surface area (Å²) in [6, 6.07) is 3.57. The highest BCUT2D eigenvalue weighted by molar-refractivity contribution is 9.10. The fraction of sp³-hybridized carbons (Fsp3) is 0.250. The lowest BCUT2D eigenvalue weighted by atomic mass is 10.1. The quantitative estimate of drug-likeness (QED) is 0.297. The number of benzene rings is 1. The van der Waals surface area contributed by atoms with Crippen molar-refractivity contribution in [3.63, 3.8) is 0 Å². The monoisotopic (exact) mass is 325 g/mol. The molecular weight excluding hydrogens is 314 g/mol. The average molecular weight is 326 g/mol. The predicted molar refractivity (Wildman–Crippen MR) is 78.2 cm³/mol. The van der Waals surface area contributed by atoms with Crippen LogP contribution in [0.4, 0.5) is 5.69 Å². The van der Waals surface area contributed by atoms with Crippen LogP contribution in [0.5, 0.6) is 0 Å². The number of ketones is 1. The summed E-state index contributed by atoms with van der Waals surface area (Å²) in [6.45, 7) is 3.41. The SMILES string of the molecule is CSC(=Nc1cc(C)c(Br)cc1C(C)=O)NC#N. The molecule has 1 aromatic rings. The normalized spacial score (nSPS) is 10.9. The van der Waals surface area contributed by atoms with Gasteiger partial charge >= 0.3 is 0 Å². The number of nitriles is 1. The molecule has 94 valence electrons. The molecule has 0 heterocycles. The van der Waals surface area contributed by atoms with Gasteiger partial charge in [-0.1, -0.05) is 27.7 Å². The number of carbonyl (C=O) groups is 1. The Hall–Kier alpha value is -1.32. The third-order valence-electron chi connectivity index (χ3n) is 2.23. The standard InChI is InChI=1S/C12H12BrN3OS/c1-7-4-11(16-12(18-3)15-6-14)9(8(2)17)5-10(7)13/h4-5H,1-3H3,(H,15,16). The van der Waals surface area contributed by atoms with Crippen LogP contribution in [0.1, 0.15) is 22.8 Å². The van der Waals surface area contributed by atoms with Crippen LogP contribution < -0.4 is 5.32 Å². The van der Waals surface area contributed by atoms with Gasteiger partial charge in [0.1, 0.15) is 0 Å². The first kappa shape index (κ1) is 14.7. The van der Waals surface area contributed by atoms with Crippen LogP contribution in [0.25, 0.3) is 0 Å². The highest BCUT2D eigenvalue weighted by Gasteiger charge is 2.10. The molecule has 18 heavy (non-hydrogen) atoms. The number of carbonyl (C=O) groups excluding carboxylic acids is 1. The Morgan fingerprint density at radius 3 is 2.72 bits per heavy atom. The van der Waals surface area contributed by atoms with Gasteiger partial charge in [-0.05, 0) is 37.8 Å². The van der Waals surface area contributed by atoms with Crippen molar-refractivity contribution in [2.45, 2.75) is 13.8 Å². The van der Waals surface area contributed by atoms with Crippen LogP contribution in [0, 0.1) is 18.4 Å². The van der Waals surface area contributed by atoms with Gasteiger partial charge in [0.05, 0.1) is 5.69 Å². The molecule has 4 nitrogen and oxygen atoms in total. The van der Waals surface area contributed by atoms with Crippen LogP contribution in [-0.4, -0.2) is 17.2 Å². The van der Waals surface area contributed by atoms with E-state index in [4.69, 9.17) is 5.26 Å². The molecule has 0 saturated heterocycles. The van der Waals surface area contributed by atoms with Crippen LogP contribution in [0.3, 0.4) is 0 Å². The number of hydrogen-bond donors (Lipinski definition) is 1. The zero-order valence-electron chi connectivity index (χ0n) is 10.2. The Balaban J connectivity index is 3.35. The second-order valence-corrected chi connectivity index (χ2v) is 5.18. The van der Waals surface area contributed by atoms with E-state index in [1.54, 1.807) is 6.07 Å². The van der Waals surface area contributed by atoms with Crippen LogP contribution in [0.15, 0.2) is 21.6 Å². The second-order valence-electron chi connectivity index (χ2n) is 3.53. The summed E-state index contributed by atoms with van der Waals surface area (Å²) >= 11 is 4.70. The maximum atomic E-state index is 11.6. The fourth-order valence-electron chi connectivity index (χ4n) is 1.32. The lowest BCUT2D eigenvalue weighted by molar-refractivity contribution is 0.101. The van der Waals surface area contributed by atoms with Crippen molar-refractivity contribution in [2.24, 2.45) is 4.99 Å². The Morgan fingerprint density at radius 2 is 2.22 bits per heavy atom. The third-order valence-corrected chi connectivity index (χ3v) is 3.67. The Labute approximate surface area is 119 Å². The maximum absolute atomic E-state index is 11.6. The highest BCUT2D eigenvalue weighted by atomic mass is 79.9. The first-order chi connectivity index (χ1) is 8.49. The van der Waals surface area contributed by atoms with Gasteiger partial charge in [0.15, 0.2) is 17.1 Å². The van der Waals surface area contributed by atoms with Gasteiger partial charge < -0.3 is 0 Å². The molecule has 0 unspecified atom stereocenters. The van der Waals surface area contributed by atoms with E-state index in [1.807, 2.05) is 25.4 Å². The molecule has 0 spiro atoms. The summed E-state index contributed by atoms with van der Waals surface area (Å²) in [6.07, 6.45) is 3.63. The number of nitrogens with one attached hydrogen (secondary N) is 1. The maximum Gasteiger partial charge on any atom is 0.183 e. The highest BCUT2D eigenvalue weighted by Crippen LogP contribution is 2.28. The molecule has 0 fully saturated rings. The van der Waals surface area contributed by atoms with E-state index >= 15 is 0 Å². The lowest BCUT2D eigenvalue weighted by Gasteiger charge is -2.07. The van der Waals surface area contributed by atoms with Crippen molar-refractivity contribution in [2.75, 3.05) is 6.26 Å². The topological polar surface area (TPSA) is 65.2 Å². The molecule has 0 aliphatic rings. The van der Waals surface area contributed by atoms with Gasteiger partial charge in [-0.25, -0.2) is 4.99 Å². The predicted octanol–water partition coefficient (Wildman–Crippen LogP) is 3.38. The molecule has 1 rings (SSSR count). The first-order valence-corrected chi connectivity index (χ1v) is 7.10. The van der Waals surface area contributed by atoms with E-state index in [0.717, 1.165) is 10.0 Å². The van der Waals surface area contributed by atoms with E-state index < -0.39 is 0 Å². The molecule has 0 aliphatic heterocycles. The summed E-state index contributed by atoms with van der Waals surface area (Å²) in [5.41, 5.74) is 2.07. The van der Waals surface area contributed by atoms with E-state index in [2.05, 4.69) is 26.2 Å². The van der Waals surface area contributed by atoms with Crippen molar-refractivity contribution >= 4 is 44.3 Å². The van der Waals surface area contributed by atoms with Gasteiger partial charge in [0.25, 0.3) is 0 Å². The van der Waals surface area contributed by atoms with E-state index in [0.29, 0.717) is 16.4 Å². The van der Waals surface area contributed by atoms with Gasteiger partial charge in [-0.2, -0.15) is 5.26 Å². The number of thioether (sulfide) groups is 1. The summed E-state index contributed by atoms with van der Waals surface area (Å²) in [7, 11) is 0. The molecule has 0 saturated carbocycles. The van der Waals surface area contributed by atoms with Gasteiger partial charge in [-0.15, -0.1) is 0 Å². The first-order valence-electron chi connectivity index (χ1n) is 5.08. The molecule has 0 amide bonds. The number of amidine groups is 1. The molecule has 0 atom stereocenters. The minimum absolute atomic E-state index is 0.0631. The van der Waals surface area contributed by atoms with E-state index in [-0.39, 0.29) is 5.78 Å². The summed E-state index contributed by atoms with van der Waals surface area (Å²) in [4.78, 5) is 15.9. The second kappa shape index (κ2) is 6.57. The summed E-state index contributed by atoms with van der Waals surface area (Å²) in [5, 5.41) is 11.5. The largest absolute Gasteiger partial charge is 0.294 e. The van der Waals surface area contributed by atoms with Gasteiger partial charge in [0, 0.05) is 10.0 Å². The number of rotatable bonds is 2. The molecule has 1 N–H and O–H groups in total. The van der Waals surface area contributed by atoms with Crippen molar-refractivity contribution in [1.82, 2.24) is 5.32 Å². The van der Waals surface area contributed by atoms with Gasteiger partial charge in [-0.3, -0.25) is 10.1 Å². The van der Waals surface area contributed by atoms with Crippen molar-refractivity contribution in [1.29, 1.82) is 5.26 Å². The number of aliphatic imine (C=N–C) groups is 1. The molecule has 6 heteroatoms. The summed E-state index contributed by atoms with van der Waals surface area (Å²) in [5.74, 6) is -0.0631. The van der Waals surface area contributed by atoms with Crippen LogP contribution in [0.2, 0.25) is 0 Å². The number of nitrogens with zero attached hydrogens (tertiary/aromatic N) is 2. The number of Topliss-reactive ketones (excluding diaryl/α,β-unsaturated/α-hetero) is 1. The molecular formula is C12H12BrN3OS. The fourth-order valence-corrected chi connectivity index (χ4v) is 2.00. The third kappa shape index (κ3) is 3.59.